The molecule has 18 heavy (non-hydrogen) atoms. The standard InChI is InChI=1S/C15H25N3/c16-7-5-15(14-3-4-14)18-10-6-13(12-18)11-17-8-1-2-9-17/h13-15H,1-6,8-12H2/t13-,15-/m0/s1. The summed E-state index contributed by atoms with van der Waals surface area (Å²) < 4.78 is 0. The molecule has 0 N–H and O–H groups in total. The van der Waals surface area contributed by atoms with Crippen molar-refractivity contribution in [1.29, 1.82) is 5.26 Å². The molecule has 2 saturated heterocycles. The molecule has 0 bridgehead atoms. The number of nitrogens with zero attached hydrogens (tertiary/aromatic N) is 3. The highest BCUT2D eigenvalue weighted by molar-refractivity contribution is 4.96. The fourth-order valence-electron chi connectivity index (χ4n) is 3.81. The minimum atomic E-state index is 0.582. The average Bonchev–Trinajstić information content (AvgIpc) is 2.88. The average molecular weight is 247 g/mol. The van der Waals surface area contributed by atoms with Crippen molar-refractivity contribution < 1.29 is 0 Å². The van der Waals surface area contributed by atoms with Gasteiger partial charge in [-0.05, 0) is 63.6 Å². The Kier molecular flexibility index (Phi) is 3.86. The molecule has 2 aliphatic heterocycles. The van der Waals surface area contributed by atoms with Crippen molar-refractivity contribution in [2.24, 2.45) is 11.8 Å². The van der Waals surface area contributed by atoms with Gasteiger partial charge in [-0.25, -0.2) is 0 Å². The van der Waals surface area contributed by atoms with Crippen LogP contribution in [0, 0.1) is 23.2 Å². The van der Waals surface area contributed by atoms with Gasteiger partial charge in [0.15, 0.2) is 0 Å². The van der Waals surface area contributed by atoms with Crippen molar-refractivity contribution in [2.75, 3.05) is 32.7 Å². The van der Waals surface area contributed by atoms with Gasteiger partial charge in [-0.3, -0.25) is 4.90 Å². The monoisotopic (exact) mass is 247 g/mol. The predicted octanol–water partition coefficient (Wildman–Crippen LogP) is 2.10. The lowest BCUT2D eigenvalue weighted by molar-refractivity contribution is 0.202. The molecule has 1 aliphatic carbocycles. The Morgan fingerprint density at radius 2 is 1.89 bits per heavy atom. The fourth-order valence-corrected chi connectivity index (χ4v) is 3.81. The molecule has 1 saturated carbocycles. The van der Waals surface area contributed by atoms with Crippen LogP contribution in [0.15, 0.2) is 0 Å². The van der Waals surface area contributed by atoms with E-state index in [4.69, 9.17) is 5.26 Å². The topological polar surface area (TPSA) is 30.3 Å². The van der Waals surface area contributed by atoms with Crippen LogP contribution in [0.1, 0.15) is 38.5 Å². The van der Waals surface area contributed by atoms with E-state index in [2.05, 4.69) is 15.9 Å². The number of rotatable bonds is 5. The zero-order chi connectivity index (χ0) is 12.4. The van der Waals surface area contributed by atoms with Crippen LogP contribution in [0.2, 0.25) is 0 Å². The van der Waals surface area contributed by atoms with E-state index in [1.165, 1.54) is 64.8 Å². The fraction of sp³-hybridized carbons (Fsp3) is 0.933. The van der Waals surface area contributed by atoms with Gasteiger partial charge in [-0.15, -0.1) is 0 Å². The zero-order valence-corrected chi connectivity index (χ0v) is 11.4. The lowest BCUT2D eigenvalue weighted by Crippen LogP contribution is -2.36. The summed E-state index contributed by atoms with van der Waals surface area (Å²) in [7, 11) is 0. The second-order valence-electron chi connectivity index (χ2n) is 6.42. The van der Waals surface area contributed by atoms with Crippen LogP contribution >= 0.6 is 0 Å². The first-order valence-corrected chi connectivity index (χ1v) is 7.70. The largest absolute Gasteiger partial charge is 0.303 e. The van der Waals surface area contributed by atoms with E-state index in [1.54, 1.807) is 0 Å². The highest BCUT2D eigenvalue weighted by atomic mass is 15.2. The maximum Gasteiger partial charge on any atom is 0.0638 e. The molecule has 0 spiro atoms. The Balaban J connectivity index is 1.49. The molecular formula is C15H25N3. The summed E-state index contributed by atoms with van der Waals surface area (Å²) in [6, 6.07) is 2.98. The number of hydrogen-bond donors (Lipinski definition) is 0. The van der Waals surface area contributed by atoms with Crippen molar-refractivity contribution in [2.45, 2.75) is 44.6 Å². The van der Waals surface area contributed by atoms with Crippen molar-refractivity contribution in [3.8, 4) is 6.07 Å². The molecule has 3 rings (SSSR count). The maximum atomic E-state index is 8.98. The quantitative estimate of drug-likeness (QED) is 0.745. The lowest BCUT2D eigenvalue weighted by Gasteiger charge is -2.26. The van der Waals surface area contributed by atoms with Gasteiger partial charge in [0.25, 0.3) is 0 Å². The molecule has 0 aromatic heterocycles. The Morgan fingerprint density at radius 3 is 2.56 bits per heavy atom. The summed E-state index contributed by atoms with van der Waals surface area (Å²) in [6.45, 7) is 6.43. The van der Waals surface area contributed by atoms with Crippen LogP contribution in [0.25, 0.3) is 0 Å². The van der Waals surface area contributed by atoms with E-state index in [1.807, 2.05) is 0 Å². The minimum Gasteiger partial charge on any atom is -0.303 e. The van der Waals surface area contributed by atoms with Gasteiger partial charge in [-0.1, -0.05) is 0 Å². The summed E-state index contributed by atoms with van der Waals surface area (Å²) in [5.74, 6) is 1.71. The third kappa shape index (κ3) is 2.87. The molecule has 0 radical (unpaired) electrons. The molecule has 3 fully saturated rings. The van der Waals surface area contributed by atoms with Crippen molar-refractivity contribution in [1.82, 2.24) is 9.80 Å². The smallest absolute Gasteiger partial charge is 0.0638 e. The van der Waals surface area contributed by atoms with Gasteiger partial charge >= 0.3 is 0 Å². The molecule has 2 heterocycles. The molecule has 0 unspecified atom stereocenters. The minimum absolute atomic E-state index is 0.582. The second kappa shape index (κ2) is 5.59. The summed E-state index contributed by atoms with van der Waals surface area (Å²) in [4.78, 5) is 5.27. The normalized spacial score (nSPS) is 31.6. The molecule has 0 aromatic rings. The molecule has 2 atom stereocenters. The summed E-state index contributed by atoms with van der Waals surface area (Å²) in [5.41, 5.74) is 0. The molecule has 3 heteroatoms. The zero-order valence-electron chi connectivity index (χ0n) is 11.4. The van der Waals surface area contributed by atoms with Crippen LogP contribution in [0.4, 0.5) is 0 Å². The van der Waals surface area contributed by atoms with Gasteiger partial charge < -0.3 is 4.90 Å². The Morgan fingerprint density at radius 1 is 1.11 bits per heavy atom. The Labute approximate surface area is 111 Å². The SMILES string of the molecule is N#CC[C@@H](C1CC1)N1CC[C@@H](CN2CCCC2)C1. The van der Waals surface area contributed by atoms with Crippen LogP contribution < -0.4 is 0 Å². The van der Waals surface area contributed by atoms with E-state index in [0.29, 0.717) is 6.04 Å². The summed E-state index contributed by atoms with van der Waals surface area (Å²) >= 11 is 0. The summed E-state index contributed by atoms with van der Waals surface area (Å²) in [5, 5.41) is 8.98. The van der Waals surface area contributed by atoms with E-state index in [0.717, 1.165) is 18.3 Å². The van der Waals surface area contributed by atoms with Gasteiger partial charge in [0.05, 0.1) is 12.5 Å². The van der Waals surface area contributed by atoms with Crippen molar-refractivity contribution in [3.63, 3.8) is 0 Å². The summed E-state index contributed by atoms with van der Waals surface area (Å²) in [6.07, 6.45) is 7.62. The Bertz CT molecular complexity index is 312. The highest BCUT2D eigenvalue weighted by Crippen LogP contribution is 2.38. The lowest BCUT2D eigenvalue weighted by atomic mass is 10.1. The van der Waals surface area contributed by atoms with Crippen molar-refractivity contribution in [3.05, 3.63) is 0 Å². The third-order valence-electron chi connectivity index (χ3n) is 4.97. The number of likely N-dealkylation sites (tertiary alicyclic amines) is 2. The van der Waals surface area contributed by atoms with Gasteiger partial charge in [0.2, 0.25) is 0 Å². The van der Waals surface area contributed by atoms with E-state index < -0.39 is 0 Å². The first kappa shape index (κ1) is 12.4. The van der Waals surface area contributed by atoms with Crippen molar-refractivity contribution >= 4 is 0 Å². The van der Waals surface area contributed by atoms with Gasteiger partial charge in [0, 0.05) is 19.1 Å². The van der Waals surface area contributed by atoms with E-state index >= 15 is 0 Å². The maximum absolute atomic E-state index is 8.98. The number of nitriles is 1. The van der Waals surface area contributed by atoms with E-state index in [-0.39, 0.29) is 0 Å². The van der Waals surface area contributed by atoms with Gasteiger partial charge in [-0.2, -0.15) is 5.26 Å². The van der Waals surface area contributed by atoms with Crippen LogP contribution in [-0.2, 0) is 0 Å². The molecule has 0 aromatic carbocycles. The van der Waals surface area contributed by atoms with Crippen LogP contribution in [0.3, 0.4) is 0 Å². The molecule has 100 valence electrons. The first-order valence-electron chi connectivity index (χ1n) is 7.70. The highest BCUT2D eigenvalue weighted by Gasteiger charge is 2.38. The predicted molar refractivity (Wildman–Crippen MR) is 72.1 cm³/mol. The first-order chi connectivity index (χ1) is 8.86. The van der Waals surface area contributed by atoms with Crippen LogP contribution in [0.5, 0.6) is 0 Å². The number of hydrogen-bond acceptors (Lipinski definition) is 3. The third-order valence-corrected chi connectivity index (χ3v) is 4.97. The van der Waals surface area contributed by atoms with Crippen LogP contribution in [-0.4, -0.2) is 48.6 Å². The molecule has 3 nitrogen and oxygen atoms in total. The molecule has 0 amide bonds. The van der Waals surface area contributed by atoms with Gasteiger partial charge in [0.1, 0.15) is 0 Å². The second-order valence-corrected chi connectivity index (χ2v) is 6.42. The molecule has 3 aliphatic rings. The molecular weight excluding hydrogens is 222 g/mol. The van der Waals surface area contributed by atoms with E-state index in [9.17, 15) is 0 Å². The Hall–Kier alpha value is -0.590.